The molecule has 0 aliphatic heterocycles. The lowest BCUT2D eigenvalue weighted by molar-refractivity contribution is -0.114. The maximum Gasteiger partial charge on any atom is 0.335 e. The minimum absolute atomic E-state index is 0.0553. The summed E-state index contributed by atoms with van der Waals surface area (Å²) in [7, 11) is 0. The molecule has 0 fully saturated rings. The van der Waals surface area contributed by atoms with E-state index in [1.54, 1.807) is 12.1 Å². The van der Waals surface area contributed by atoms with Gasteiger partial charge in [0.25, 0.3) is 0 Å². The Labute approximate surface area is 107 Å². The lowest BCUT2D eigenvalue weighted by atomic mass is 9.97. The standard InChI is InChI=1S/C15H18O3/c1-3-4-5-8-12(16)10-14-11(2)7-6-9-13(14)15(17)18/h5-9H,3-4,10H2,1-2H3,(H,17,18). The number of allylic oxidation sites excluding steroid dienone is 2. The van der Waals surface area contributed by atoms with E-state index in [1.807, 2.05) is 26.0 Å². The van der Waals surface area contributed by atoms with E-state index in [0.717, 1.165) is 18.4 Å². The first-order valence-corrected chi connectivity index (χ1v) is 6.07. The summed E-state index contributed by atoms with van der Waals surface area (Å²) < 4.78 is 0. The van der Waals surface area contributed by atoms with Crippen LogP contribution in [-0.4, -0.2) is 16.9 Å². The Morgan fingerprint density at radius 2 is 2.06 bits per heavy atom. The Morgan fingerprint density at radius 3 is 2.67 bits per heavy atom. The predicted molar refractivity (Wildman–Crippen MR) is 70.9 cm³/mol. The van der Waals surface area contributed by atoms with Crippen LogP contribution in [-0.2, 0) is 11.2 Å². The number of unbranched alkanes of at least 4 members (excludes halogenated alkanes) is 1. The largest absolute Gasteiger partial charge is 0.478 e. The molecular weight excluding hydrogens is 228 g/mol. The highest BCUT2D eigenvalue weighted by Crippen LogP contribution is 2.15. The van der Waals surface area contributed by atoms with Crippen molar-refractivity contribution in [3.8, 4) is 0 Å². The maximum absolute atomic E-state index is 11.7. The summed E-state index contributed by atoms with van der Waals surface area (Å²) >= 11 is 0. The highest BCUT2D eigenvalue weighted by Gasteiger charge is 2.13. The zero-order chi connectivity index (χ0) is 13.5. The van der Waals surface area contributed by atoms with E-state index >= 15 is 0 Å². The van der Waals surface area contributed by atoms with E-state index < -0.39 is 5.97 Å². The predicted octanol–water partition coefficient (Wildman–Crippen LogP) is 3.16. The fraction of sp³-hybridized carbons (Fsp3) is 0.333. The first kappa shape index (κ1) is 14.2. The van der Waals surface area contributed by atoms with Gasteiger partial charge in [0.05, 0.1) is 5.56 Å². The van der Waals surface area contributed by atoms with Gasteiger partial charge in [-0.2, -0.15) is 0 Å². The molecule has 1 N–H and O–H groups in total. The third kappa shape index (κ3) is 3.84. The van der Waals surface area contributed by atoms with Crippen LogP contribution in [0.5, 0.6) is 0 Å². The van der Waals surface area contributed by atoms with Crippen LogP contribution < -0.4 is 0 Å². The molecule has 3 nitrogen and oxygen atoms in total. The summed E-state index contributed by atoms with van der Waals surface area (Å²) in [6, 6.07) is 5.05. The molecule has 0 aliphatic carbocycles. The molecule has 1 aromatic rings. The van der Waals surface area contributed by atoms with E-state index in [1.165, 1.54) is 6.07 Å². The van der Waals surface area contributed by atoms with Gasteiger partial charge in [0.15, 0.2) is 5.78 Å². The van der Waals surface area contributed by atoms with Crippen LogP contribution in [0.25, 0.3) is 0 Å². The van der Waals surface area contributed by atoms with E-state index in [0.29, 0.717) is 5.56 Å². The lowest BCUT2D eigenvalue weighted by Crippen LogP contribution is -2.08. The lowest BCUT2D eigenvalue weighted by Gasteiger charge is -2.07. The number of rotatable bonds is 6. The Bertz CT molecular complexity index is 473. The number of aromatic carboxylic acids is 1. The highest BCUT2D eigenvalue weighted by molar-refractivity contribution is 5.96. The van der Waals surface area contributed by atoms with Crippen molar-refractivity contribution >= 4 is 11.8 Å². The molecule has 18 heavy (non-hydrogen) atoms. The number of carboxylic acid groups (broad SMARTS) is 1. The summed E-state index contributed by atoms with van der Waals surface area (Å²) in [6.45, 7) is 3.86. The second kappa shape index (κ2) is 6.74. The zero-order valence-electron chi connectivity index (χ0n) is 10.8. The summed E-state index contributed by atoms with van der Waals surface area (Å²) in [4.78, 5) is 22.8. The van der Waals surface area contributed by atoms with Crippen molar-refractivity contribution in [1.29, 1.82) is 0 Å². The fourth-order valence-electron chi connectivity index (χ4n) is 1.75. The van der Waals surface area contributed by atoms with E-state index in [2.05, 4.69) is 0 Å². The molecule has 0 heterocycles. The summed E-state index contributed by atoms with van der Waals surface area (Å²) in [5.41, 5.74) is 1.66. The normalized spacial score (nSPS) is 10.8. The Hall–Kier alpha value is -1.90. The number of aryl methyl sites for hydroxylation is 1. The molecule has 0 unspecified atom stereocenters. The van der Waals surface area contributed by atoms with E-state index in [9.17, 15) is 9.59 Å². The Morgan fingerprint density at radius 1 is 1.33 bits per heavy atom. The first-order chi connectivity index (χ1) is 8.56. The van der Waals surface area contributed by atoms with Gasteiger partial charge in [-0.15, -0.1) is 0 Å². The van der Waals surface area contributed by atoms with Crippen molar-refractivity contribution in [1.82, 2.24) is 0 Å². The summed E-state index contributed by atoms with van der Waals surface area (Å²) in [5, 5.41) is 9.09. The van der Waals surface area contributed by atoms with Crippen LogP contribution >= 0.6 is 0 Å². The molecule has 3 heteroatoms. The monoisotopic (exact) mass is 246 g/mol. The van der Waals surface area contributed by atoms with Crippen LogP contribution in [0.1, 0.15) is 41.3 Å². The molecular formula is C15H18O3. The average Bonchev–Trinajstić information content (AvgIpc) is 2.31. The third-order valence-corrected chi connectivity index (χ3v) is 2.75. The van der Waals surface area contributed by atoms with Gasteiger partial charge in [-0.1, -0.05) is 31.6 Å². The second-order valence-electron chi connectivity index (χ2n) is 4.24. The molecule has 0 aromatic heterocycles. The van der Waals surface area contributed by atoms with Crippen molar-refractivity contribution < 1.29 is 14.7 Å². The van der Waals surface area contributed by atoms with Gasteiger partial charge in [-0.3, -0.25) is 4.79 Å². The zero-order valence-corrected chi connectivity index (χ0v) is 10.8. The third-order valence-electron chi connectivity index (χ3n) is 2.75. The number of benzene rings is 1. The van der Waals surface area contributed by atoms with Gasteiger partial charge in [0, 0.05) is 6.42 Å². The molecule has 1 rings (SSSR count). The topological polar surface area (TPSA) is 54.4 Å². The number of hydrogen-bond donors (Lipinski definition) is 1. The van der Waals surface area contributed by atoms with Crippen LogP contribution in [0.4, 0.5) is 0 Å². The number of ketones is 1. The second-order valence-corrected chi connectivity index (χ2v) is 4.24. The maximum atomic E-state index is 11.7. The molecule has 0 spiro atoms. The van der Waals surface area contributed by atoms with E-state index in [-0.39, 0.29) is 17.8 Å². The van der Waals surface area contributed by atoms with Gasteiger partial charge in [-0.05, 0) is 36.6 Å². The van der Waals surface area contributed by atoms with Crippen molar-refractivity contribution in [3.05, 3.63) is 47.0 Å². The number of carboxylic acids is 1. The van der Waals surface area contributed by atoms with Crippen LogP contribution in [0.2, 0.25) is 0 Å². The quantitative estimate of drug-likeness (QED) is 0.784. The molecule has 0 saturated heterocycles. The minimum atomic E-state index is -0.987. The summed E-state index contributed by atoms with van der Waals surface area (Å²) in [5.74, 6) is -1.04. The Kier molecular flexibility index (Phi) is 5.31. The minimum Gasteiger partial charge on any atom is -0.478 e. The molecule has 96 valence electrons. The molecule has 0 bridgehead atoms. The molecule has 1 aromatic carbocycles. The first-order valence-electron chi connectivity index (χ1n) is 6.07. The van der Waals surface area contributed by atoms with Gasteiger partial charge in [-0.25, -0.2) is 4.79 Å². The molecule has 0 aliphatic rings. The Balaban J connectivity index is 2.90. The van der Waals surface area contributed by atoms with Crippen LogP contribution in [0, 0.1) is 6.92 Å². The van der Waals surface area contributed by atoms with Gasteiger partial charge in [0.2, 0.25) is 0 Å². The number of carbonyl (C=O) groups excluding carboxylic acids is 1. The van der Waals surface area contributed by atoms with Crippen LogP contribution in [0.3, 0.4) is 0 Å². The molecule has 0 amide bonds. The SMILES string of the molecule is CCCC=CC(=O)Cc1c(C)cccc1C(=O)O. The van der Waals surface area contributed by atoms with Crippen molar-refractivity contribution in [2.75, 3.05) is 0 Å². The van der Waals surface area contributed by atoms with Gasteiger partial charge >= 0.3 is 5.97 Å². The summed E-state index contributed by atoms with van der Waals surface area (Å²) in [6.07, 6.45) is 5.39. The fourth-order valence-corrected chi connectivity index (χ4v) is 1.75. The molecule has 0 saturated carbocycles. The van der Waals surface area contributed by atoms with Crippen molar-refractivity contribution in [3.63, 3.8) is 0 Å². The van der Waals surface area contributed by atoms with E-state index in [4.69, 9.17) is 5.11 Å². The van der Waals surface area contributed by atoms with Gasteiger partial charge in [0.1, 0.15) is 0 Å². The number of hydrogen-bond acceptors (Lipinski definition) is 2. The van der Waals surface area contributed by atoms with Crippen molar-refractivity contribution in [2.45, 2.75) is 33.1 Å². The average molecular weight is 246 g/mol. The number of carbonyl (C=O) groups is 2. The van der Waals surface area contributed by atoms with Gasteiger partial charge < -0.3 is 5.11 Å². The molecule has 0 atom stereocenters. The van der Waals surface area contributed by atoms with Crippen LogP contribution in [0.15, 0.2) is 30.4 Å². The smallest absolute Gasteiger partial charge is 0.335 e. The molecule has 0 radical (unpaired) electrons. The van der Waals surface area contributed by atoms with Crippen molar-refractivity contribution in [2.24, 2.45) is 0 Å². The highest BCUT2D eigenvalue weighted by atomic mass is 16.4.